The van der Waals surface area contributed by atoms with Crippen LogP contribution in [0.1, 0.15) is 41.6 Å². The molecule has 114 valence electrons. The minimum Gasteiger partial charge on any atom is -0.469 e. The molecule has 1 aromatic carbocycles. The van der Waals surface area contributed by atoms with Gasteiger partial charge in [0.15, 0.2) is 5.78 Å². The molecule has 2 rings (SSSR count). The van der Waals surface area contributed by atoms with E-state index >= 15 is 0 Å². The number of esters is 1. The van der Waals surface area contributed by atoms with Gasteiger partial charge in [-0.2, -0.15) is 0 Å². The number of Topliss-reactive ketones (excluding diaryl/α,β-unsaturated/α-hetero) is 1. The third-order valence-corrected chi connectivity index (χ3v) is 3.97. The average molecular weight is 289 g/mol. The van der Waals surface area contributed by atoms with Crippen molar-refractivity contribution in [1.29, 1.82) is 0 Å². The van der Waals surface area contributed by atoms with E-state index in [1.54, 1.807) is 12.1 Å². The first kappa shape index (κ1) is 15.7. The van der Waals surface area contributed by atoms with E-state index in [1.807, 2.05) is 12.1 Å². The summed E-state index contributed by atoms with van der Waals surface area (Å²) >= 11 is 0. The number of piperidine rings is 1. The molecular weight excluding hydrogens is 266 g/mol. The molecule has 0 saturated carbocycles. The number of hydrogen-bond donors (Lipinski definition) is 0. The Kier molecular flexibility index (Phi) is 5.93. The third kappa shape index (κ3) is 4.97. The van der Waals surface area contributed by atoms with Gasteiger partial charge in [-0.3, -0.25) is 9.59 Å². The van der Waals surface area contributed by atoms with Gasteiger partial charge in [0.05, 0.1) is 7.11 Å². The van der Waals surface area contributed by atoms with Crippen LogP contribution >= 0.6 is 0 Å². The number of nitrogens with zero attached hydrogens (tertiary/aromatic N) is 1. The molecule has 0 N–H and O–H groups in total. The minimum absolute atomic E-state index is 0.190. The van der Waals surface area contributed by atoms with E-state index in [9.17, 15) is 9.59 Å². The smallest absolute Gasteiger partial charge is 0.313 e. The van der Waals surface area contributed by atoms with E-state index < -0.39 is 5.97 Å². The van der Waals surface area contributed by atoms with E-state index in [0.29, 0.717) is 5.56 Å². The molecule has 0 aliphatic carbocycles. The Hall–Kier alpha value is -1.68. The molecule has 1 aliphatic heterocycles. The summed E-state index contributed by atoms with van der Waals surface area (Å²) in [5.74, 6) is -0.682. The molecule has 1 fully saturated rings. The van der Waals surface area contributed by atoms with Crippen molar-refractivity contribution in [2.24, 2.45) is 0 Å². The van der Waals surface area contributed by atoms with Gasteiger partial charge in [0.1, 0.15) is 6.42 Å². The van der Waals surface area contributed by atoms with Gasteiger partial charge >= 0.3 is 5.97 Å². The highest BCUT2D eigenvalue weighted by Crippen LogP contribution is 2.12. The molecule has 0 amide bonds. The van der Waals surface area contributed by atoms with Gasteiger partial charge in [0.25, 0.3) is 0 Å². The summed E-state index contributed by atoms with van der Waals surface area (Å²) in [7, 11) is 1.29. The van der Waals surface area contributed by atoms with Crippen molar-refractivity contribution in [1.82, 2.24) is 4.90 Å². The third-order valence-electron chi connectivity index (χ3n) is 3.97. The zero-order chi connectivity index (χ0) is 15.1. The van der Waals surface area contributed by atoms with Crippen molar-refractivity contribution in [2.45, 2.75) is 32.1 Å². The summed E-state index contributed by atoms with van der Waals surface area (Å²) in [4.78, 5) is 25.4. The van der Waals surface area contributed by atoms with Crippen molar-refractivity contribution in [3.05, 3.63) is 35.4 Å². The van der Waals surface area contributed by atoms with E-state index in [2.05, 4.69) is 9.64 Å². The van der Waals surface area contributed by atoms with Crippen molar-refractivity contribution in [2.75, 3.05) is 26.7 Å². The number of benzene rings is 1. The summed E-state index contributed by atoms with van der Waals surface area (Å²) in [6.45, 7) is 3.49. The highest BCUT2D eigenvalue weighted by molar-refractivity contribution is 6.05. The first-order chi connectivity index (χ1) is 10.2. The fourth-order valence-electron chi connectivity index (χ4n) is 2.63. The number of carbonyl (C=O) groups is 2. The van der Waals surface area contributed by atoms with Gasteiger partial charge < -0.3 is 9.64 Å². The highest BCUT2D eigenvalue weighted by atomic mass is 16.5. The maximum Gasteiger partial charge on any atom is 0.313 e. The fourth-order valence-corrected chi connectivity index (χ4v) is 2.63. The number of ether oxygens (including phenoxy) is 1. The molecule has 0 atom stereocenters. The summed E-state index contributed by atoms with van der Waals surface area (Å²) < 4.78 is 4.51. The summed E-state index contributed by atoms with van der Waals surface area (Å²) in [5, 5.41) is 0. The second-order valence-corrected chi connectivity index (χ2v) is 5.53. The van der Waals surface area contributed by atoms with Gasteiger partial charge in [-0.15, -0.1) is 0 Å². The molecular formula is C17H23NO3. The standard InChI is InChI=1S/C17H23NO3/c1-21-17(20)13-16(19)15-7-5-14(6-8-15)9-12-18-10-3-2-4-11-18/h5-8H,2-4,9-13H2,1H3. The van der Waals surface area contributed by atoms with Crippen LogP contribution < -0.4 is 0 Å². The van der Waals surface area contributed by atoms with Crippen LogP contribution in [0.15, 0.2) is 24.3 Å². The molecule has 1 heterocycles. The molecule has 0 spiro atoms. The highest BCUT2D eigenvalue weighted by Gasteiger charge is 2.12. The molecule has 21 heavy (non-hydrogen) atoms. The lowest BCUT2D eigenvalue weighted by Crippen LogP contribution is -2.31. The lowest BCUT2D eigenvalue weighted by atomic mass is 10.0. The Bertz CT molecular complexity index is 475. The molecule has 0 aromatic heterocycles. The lowest BCUT2D eigenvalue weighted by Gasteiger charge is -2.26. The first-order valence-corrected chi connectivity index (χ1v) is 7.60. The number of rotatable bonds is 6. The predicted molar refractivity (Wildman–Crippen MR) is 81.4 cm³/mol. The van der Waals surface area contributed by atoms with Crippen LogP contribution in [0.25, 0.3) is 0 Å². The van der Waals surface area contributed by atoms with E-state index in [1.165, 1.54) is 45.0 Å². The Balaban J connectivity index is 1.83. The van der Waals surface area contributed by atoms with Gasteiger partial charge in [0, 0.05) is 12.1 Å². The molecule has 1 aliphatic rings. The molecule has 4 nitrogen and oxygen atoms in total. The normalized spacial score (nSPS) is 15.7. The first-order valence-electron chi connectivity index (χ1n) is 7.60. The van der Waals surface area contributed by atoms with E-state index in [4.69, 9.17) is 0 Å². The summed E-state index contributed by atoms with van der Waals surface area (Å²) in [5.41, 5.74) is 1.80. The van der Waals surface area contributed by atoms with Crippen molar-refractivity contribution >= 4 is 11.8 Å². The molecule has 0 bridgehead atoms. The minimum atomic E-state index is -0.492. The monoisotopic (exact) mass is 289 g/mol. The van der Waals surface area contributed by atoms with Crippen LogP contribution in [-0.2, 0) is 16.0 Å². The summed E-state index contributed by atoms with van der Waals surface area (Å²) in [6.07, 6.45) is 4.78. The van der Waals surface area contributed by atoms with Crippen LogP contribution in [0.2, 0.25) is 0 Å². The molecule has 1 saturated heterocycles. The number of ketones is 1. The second-order valence-electron chi connectivity index (χ2n) is 5.53. The number of carbonyl (C=O) groups excluding carboxylic acids is 2. The topological polar surface area (TPSA) is 46.6 Å². The zero-order valence-corrected chi connectivity index (χ0v) is 12.6. The predicted octanol–water partition coefficient (Wildman–Crippen LogP) is 2.46. The maximum atomic E-state index is 11.8. The van der Waals surface area contributed by atoms with Crippen LogP contribution in [0.5, 0.6) is 0 Å². The van der Waals surface area contributed by atoms with Crippen LogP contribution in [0.4, 0.5) is 0 Å². The molecule has 4 heteroatoms. The number of methoxy groups -OCH3 is 1. The van der Waals surface area contributed by atoms with Gasteiger partial charge in [0.2, 0.25) is 0 Å². The maximum absolute atomic E-state index is 11.8. The Morgan fingerprint density at radius 2 is 1.76 bits per heavy atom. The van der Waals surface area contributed by atoms with Crippen LogP contribution in [-0.4, -0.2) is 43.4 Å². The number of hydrogen-bond acceptors (Lipinski definition) is 4. The van der Waals surface area contributed by atoms with Crippen LogP contribution in [0, 0.1) is 0 Å². The van der Waals surface area contributed by atoms with E-state index in [-0.39, 0.29) is 12.2 Å². The average Bonchev–Trinajstić information content (AvgIpc) is 2.54. The van der Waals surface area contributed by atoms with E-state index in [0.717, 1.165) is 13.0 Å². The second kappa shape index (κ2) is 7.93. The lowest BCUT2D eigenvalue weighted by molar-refractivity contribution is -0.139. The van der Waals surface area contributed by atoms with Gasteiger partial charge in [-0.05, 0) is 37.9 Å². The summed E-state index contributed by atoms with van der Waals surface area (Å²) in [6, 6.07) is 7.57. The quantitative estimate of drug-likeness (QED) is 0.458. The van der Waals surface area contributed by atoms with Gasteiger partial charge in [-0.25, -0.2) is 0 Å². The Morgan fingerprint density at radius 1 is 1.10 bits per heavy atom. The van der Waals surface area contributed by atoms with Gasteiger partial charge in [-0.1, -0.05) is 30.7 Å². The van der Waals surface area contributed by atoms with Crippen LogP contribution in [0.3, 0.4) is 0 Å². The van der Waals surface area contributed by atoms with Crippen molar-refractivity contribution < 1.29 is 14.3 Å². The number of likely N-dealkylation sites (tertiary alicyclic amines) is 1. The van der Waals surface area contributed by atoms with Crippen molar-refractivity contribution in [3.63, 3.8) is 0 Å². The molecule has 0 radical (unpaired) electrons. The fraction of sp³-hybridized carbons (Fsp3) is 0.529. The Labute approximate surface area is 126 Å². The zero-order valence-electron chi connectivity index (χ0n) is 12.6. The Morgan fingerprint density at radius 3 is 2.38 bits per heavy atom. The largest absolute Gasteiger partial charge is 0.469 e. The molecule has 1 aromatic rings. The van der Waals surface area contributed by atoms with Crippen molar-refractivity contribution in [3.8, 4) is 0 Å². The SMILES string of the molecule is COC(=O)CC(=O)c1ccc(CCN2CCCCC2)cc1. The molecule has 0 unspecified atom stereocenters.